The minimum absolute atomic E-state index is 0.0561. The van der Waals surface area contributed by atoms with Gasteiger partial charge in [0.25, 0.3) is 5.69 Å². The average molecular weight is 184 g/mol. The lowest BCUT2D eigenvalue weighted by Gasteiger charge is -1.96. The van der Waals surface area contributed by atoms with Crippen LogP contribution in [-0.4, -0.2) is 4.92 Å². The highest BCUT2D eigenvalue weighted by Gasteiger charge is 2.09. The van der Waals surface area contributed by atoms with E-state index in [4.69, 9.17) is 0 Å². The molecule has 0 bridgehead atoms. The third kappa shape index (κ3) is 2.05. The van der Waals surface area contributed by atoms with Crippen LogP contribution in [0.4, 0.5) is 10.1 Å². The average Bonchev–Trinajstić information content (AvgIpc) is 2.08. The highest BCUT2D eigenvalue weighted by atomic mass is 19.1. The number of halogens is 1. The van der Waals surface area contributed by atoms with Gasteiger partial charge in [-0.05, 0) is 6.07 Å². The molecular weight excluding hydrogens is 179 g/mol. The SMILES string of the molecule is O=NCc1ccc([N+](=O)[O-])cc1F. The van der Waals surface area contributed by atoms with Crippen LogP contribution in [-0.2, 0) is 6.54 Å². The van der Waals surface area contributed by atoms with Gasteiger partial charge in [-0.15, -0.1) is 0 Å². The van der Waals surface area contributed by atoms with Gasteiger partial charge in [-0.3, -0.25) is 10.1 Å². The Hall–Kier alpha value is -1.85. The van der Waals surface area contributed by atoms with Gasteiger partial charge in [-0.25, -0.2) is 4.39 Å². The summed E-state index contributed by atoms with van der Waals surface area (Å²) in [5.41, 5.74) is -0.284. The number of rotatable bonds is 3. The third-order valence-electron chi connectivity index (χ3n) is 1.48. The summed E-state index contributed by atoms with van der Waals surface area (Å²) in [6.07, 6.45) is 0. The van der Waals surface area contributed by atoms with Crippen molar-refractivity contribution < 1.29 is 9.31 Å². The van der Waals surface area contributed by atoms with Crippen LogP contribution in [0.25, 0.3) is 0 Å². The second-order valence-electron chi connectivity index (χ2n) is 2.32. The van der Waals surface area contributed by atoms with Crippen molar-refractivity contribution in [3.05, 3.63) is 44.6 Å². The van der Waals surface area contributed by atoms with Crippen LogP contribution in [0.1, 0.15) is 5.56 Å². The maximum atomic E-state index is 12.9. The predicted octanol–water partition coefficient (Wildman–Crippen LogP) is 2.00. The Morgan fingerprint density at radius 3 is 2.69 bits per heavy atom. The van der Waals surface area contributed by atoms with E-state index in [1.54, 1.807) is 0 Å². The van der Waals surface area contributed by atoms with Gasteiger partial charge in [0.2, 0.25) is 0 Å². The molecule has 0 amide bonds. The highest BCUT2D eigenvalue weighted by Crippen LogP contribution is 2.16. The second-order valence-corrected chi connectivity index (χ2v) is 2.32. The standard InChI is InChI=1S/C7H5FN2O3/c8-7-3-6(10(12)13)2-1-5(7)4-9-11/h1-3H,4H2. The molecule has 0 aliphatic heterocycles. The van der Waals surface area contributed by atoms with Crippen LogP contribution in [0, 0.1) is 20.8 Å². The van der Waals surface area contributed by atoms with Gasteiger partial charge in [0.05, 0.1) is 11.0 Å². The Bertz CT molecular complexity index is 354. The summed E-state index contributed by atoms with van der Waals surface area (Å²) >= 11 is 0. The van der Waals surface area contributed by atoms with Crippen LogP contribution in [0.3, 0.4) is 0 Å². The van der Waals surface area contributed by atoms with E-state index in [9.17, 15) is 19.4 Å². The number of non-ortho nitro benzene ring substituents is 1. The van der Waals surface area contributed by atoms with Crippen molar-refractivity contribution in [1.82, 2.24) is 0 Å². The summed E-state index contributed by atoms with van der Waals surface area (Å²) < 4.78 is 12.9. The Morgan fingerprint density at radius 1 is 1.54 bits per heavy atom. The lowest BCUT2D eigenvalue weighted by Crippen LogP contribution is -1.92. The van der Waals surface area contributed by atoms with E-state index in [0.29, 0.717) is 0 Å². The van der Waals surface area contributed by atoms with Crippen LogP contribution >= 0.6 is 0 Å². The molecule has 1 aromatic carbocycles. The molecule has 1 rings (SSSR count). The van der Waals surface area contributed by atoms with E-state index in [2.05, 4.69) is 5.18 Å². The number of benzene rings is 1. The van der Waals surface area contributed by atoms with Gasteiger partial charge in [-0.1, -0.05) is 5.18 Å². The van der Waals surface area contributed by atoms with Gasteiger partial charge < -0.3 is 0 Å². The molecule has 0 N–H and O–H groups in total. The quantitative estimate of drug-likeness (QED) is 0.409. The molecule has 0 unspecified atom stereocenters. The largest absolute Gasteiger partial charge is 0.272 e. The first-order chi connectivity index (χ1) is 6.15. The molecule has 0 aromatic heterocycles. The molecule has 1 aromatic rings. The van der Waals surface area contributed by atoms with Crippen LogP contribution < -0.4 is 0 Å². The van der Waals surface area contributed by atoms with Crippen molar-refractivity contribution in [2.24, 2.45) is 5.18 Å². The van der Waals surface area contributed by atoms with Gasteiger partial charge in [-0.2, -0.15) is 4.91 Å². The summed E-state index contributed by atoms with van der Waals surface area (Å²) in [7, 11) is 0. The number of hydrogen-bond acceptors (Lipinski definition) is 4. The molecule has 5 nitrogen and oxygen atoms in total. The molecule has 0 heterocycles. The summed E-state index contributed by atoms with van der Waals surface area (Å²) in [5, 5.41) is 12.7. The van der Waals surface area contributed by atoms with Gasteiger partial charge >= 0.3 is 0 Å². The van der Waals surface area contributed by atoms with Gasteiger partial charge in [0, 0.05) is 11.6 Å². The van der Waals surface area contributed by atoms with E-state index >= 15 is 0 Å². The summed E-state index contributed by atoms with van der Waals surface area (Å²) in [6, 6.07) is 3.07. The first kappa shape index (κ1) is 9.24. The van der Waals surface area contributed by atoms with Crippen LogP contribution in [0.2, 0.25) is 0 Å². The van der Waals surface area contributed by atoms with E-state index in [1.165, 1.54) is 6.07 Å². The molecule has 0 saturated heterocycles. The minimum Gasteiger partial charge on any atom is -0.258 e. The normalized spacial score (nSPS) is 9.62. The molecule has 6 heteroatoms. The lowest BCUT2D eigenvalue weighted by molar-refractivity contribution is -0.385. The number of nitro benzene ring substituents is 1. The monoisotopic (exact) mass is 184 g/mol. The van der Waals surface area contributed by atoms with Crippen molar-refractivity contribution in [2.75, 3.05) is 0 Å². The smallest absolute Gasteiger partial charge is 0.258 e. The fraction of sp³-hybridized carbons (Fsp3) is 0.143. The molecule has 0 aliphatic carbocycles. The zero-order chi connectivity index (χ0) is 9.84. The number of hydrogen-bond donors (Lipinski definition) is 0. The first-order valence-electron chi connectivity index (χ1n) is 3.37. The van der Waals surface area contributed by atoms with Crippen molar-refractivity contribution in [1.29, 1.82) is 0 Å². The fourth-order valence-corrected chi connectivity index (χ4v) is 0.848. The van der Waals surface area contributed by atoms with Crippen LogP contribution in [0.5, 0.6) is 0 Å². The molecule has 68 valence electrons. The molecule has 0 radical (unpaired) electrons. The van der Waals surface area contributed by atoms with Gasteiger partial charge in [0.15, 0.2) is 0 Å². The van der Waals surface area contributed by atoms with E-state index < -0.39 is 10.7 Å². The predicted molar refractivity (Wildman–Crippen MR) is 42.6 cm³/mol. The Balaban J connectivity index is 3.04. The van der Waals surface area contributed by atoms with E-state index in [1.807, 2.05) is 0 Å². The lowest BCUT2D eigenvalue weighted by atomic mass is 10.2. The molecule has 0 aliphatic rings. The zero-order valence-corrected chi connectivity index (χ0v) is 6.44. The maximum Gasteiger partial charge on any atom is 0.272 e. The first-order valence-corrected chi connectivity index (χ1v) is 3.37. The van der Waals surface area contributed by atoms with E-state index in [0.717, 1.165) is 12.1 Å². The molecule has 0 fully saturated rings. The second kappa shape index (κ2) is 3.70. The Kier molecular flexibility index (Phi) is 2.63. The molecular formula is C7H5FN2O3. The zero-order valence-electron chi connectivity index (χ0n) is 6.44. The molecule has 0 saturated carbocycles. The topological polar surface area (TPSA) is 72.6 Å². The van der Waals surface area contributed by atoms with Crippen molar-refractivity contribution in [3.63, 3.8) is 0 Å². The minimum atomic E-state index is -0.784. The molecule has 0 atom stereocenters. The van der Waals surface area contributed by atoms with Crippen molar-refractivity contribution in [3.8, 4) is 0 Å². The fourth-order valence-electron chi connectivity index (χ4n) is 0.848. The maximum absolute atomic E-state index is 12.9. The third-order valence-corrected chi connectivity index (χ3v) is 1.48. The van der Waals surface area contributed by atoms with E-state index in [-0.39, 0.29) is 17.8 Å². The number of nitrogens with zero attached hydrogens (tertiary/aromatic N) is 2. The van der Waals surface area contributed by atoms with Crippen LogP contribution in [0.15, 0.2) is 23.4 Å². The van der Waals surface area contributed by atoms with Crippen molar-refractivity contribution >= 4 is 5.69 Å². The molecule has 0 spiro atoms. The summed E-state index contributed by atoms with van der Waals surface area (Å²) in [5.74, 6) is -0.784. The molecule has 13 heavy (non-hydrogen) atoms. The van der Waals surface area contributed by atoms with Crippen molar-refractivity contribution in [2.45, 2.75) is 6.54 Å². The highest BCUT2D eigenvalue weighted by molar-refractivity contribution is 5.34. The summed E-state index contributed by atoms with van der Waals surface area (Å²) in [4.78, 5) is 19.3. The van der Waals surface area contributed by atoms with Gasteiger partial charge in [0.1, 0.15) is 12.4 Å². The Morgan fingerprint density at radius 2 is 2.23 bits per heavy atom. The summed E-state index contributed by atoms with van der Waals surface area (Å²) in [6.45, 7) is -0.316. The Labute approximate surface area is 72.3 Å². The number of nitro groups is 1. The number of nitroso groups, excluding NO2 is 1.